The Morgan fingerprint density at radius 2 is 1.69 bits per heavy atom. The molecule has 0 bridgehead atoms. The Labute approximate surface area is 171 Å². The first-order valence-electron chi connectivity index (χ1n) is 9.91. The van der Waals surface area contributed by atoms with Gasteiger partial charge in [0.1, 0.15) is 0 Å². The molecule has 3 rings (SSSR count). The molecule has 2 N–H and O–H groups in total. The van der Waals surface area contributed by atoms with Gasteiger partial charge in [-0.3, -0.25) is 9.59 Å². The van der Waals surface area contributed by atoms with Crippen LogP contribution >= 0.6 is 0 Å². The number of rotatable bonds is 6. The Balaban J connectivity index is 1.67. The molecule has 9 heteroatoms. The van der Waals surface area contributed by atoms with E-state index < -0.39 is 21.4 Å². The van der Waals surface area contributed by atoms with Gasteiger partial charge >= 0.3 is 5.97 Å². The summed E-state index contributed by atoms with van der Waals surface area (Å²) in [5, 5.41) is 12.2. The zero-order valence-corrected chi connectivity index (χ0v) is 17.6. The predicted octanol–water partition coefficient (Wildman–Crippen LogP) is 2.46. The smallest absolute Gasteiger partial charge is 0.310 e. The molecule has 29 heavy (non-hydrogen) atoms. The lowest BCUT2D eigenvalue weighted by Gasteiger charge is -2.34. The molecule has 2 aliphatic rings. The third kappa shape index (κ3) is 4.79. The molecule has 2 atom stereocenters. The molecule has 160 valence electrons. The highest BCUT2D eigenvalue weighted by molar-refractivity contribution is 7.89. The molecule has 0 spiro atoms. The summed E-state index contributed by atoms with van der Waals surface area (Å²) in [5.41, 5.74) is -0.548. The van der Waals surface area contributed by atoms with Crippen molar-refractivity contribution in [3.8, 4) is 0 Å². The van der Waals surface area contributed by atoms with Gasteiger partial charge in [-0.2, -0.15) is 4.31 Å². The summed E-state index contributed by atoms with van der Waals surface area (Å²) in [6.45, 7) is 4.26. The van der Waals surface area contributed by atoms with Gasteiger partial charge in [-0.1, -0.05) is 12.8 Å². The maximum atomic E-state index is 12.9. The van der Waals surface area contributed by atoms with E-state index in [2.05, 4.69) is 5.32 Å². The van der Waals surface area contributed by atoms with Crippen molar-refractivity contribution in [3.05, 3.63) is 24.3 Å². The minimum absolute atomic E-state index is 0.0774. The number of carboxylic acid groups (broad SMARTS) is 1. The highest BCUT2D eigenvalue weighted by Crippen LogP contribution is 2.41. The Kier molecular flexibility index (Phi) is 6.30. The second-order valence-electron chi connectivity index (χ2n) is 8.12. The summed E-state index contributed by atoms with van der Waals surface area (Å²) in [6.07, 6.45) is 2.20. The van der Waals surface area contributed by atoms with Crippen molar-refractivity contribution >= 4 is 27.6 Å². The fourth-order valence-electron chi connectivity index (χ4n) is 4.22. The van der Waals surface area contributed by atoms with E-state index in [0.717, 1.165) is 12.8 Å². The molecule has 0 radical (unpaired) electrons. The summed E-state index contributed by atoms with van der Waals surface area (Å²) in [4.78, 5) is 24.1. The minimum atomic E-state index is -3.65. The van der Waals surface area contributed by atoms with E-state index >= 15 is 0 Å². The van der Waals surface area contributed by atoms with Gasteiger partial charge in [-0.15, -0.1) is 0 Å². The average Bonchev–Trinajstić information content (AvgIpc) is 3.11. The van der Waals surface area contributed by atoms with Crippen LogP contribution in [0.4, 0.5) is 5.69 Å². The topological polar surface area (TPSA) is 113 Å². The van der Waals surface area contributed by atoms with Crippen LogP contribution in [0.2, 0.25) is 0 Å². The van der Waals surface area contributed by atoms with Gasteiger partial charge in [0.2, 0.25) is 15.9 Å². The van der Waals surface area contributed by atoms with Crippen LogP contribution in [-0.4, -0.2) is 55.0 Å². The molecule has 0 aromatic heterocycles. The lowest BCUT2D eigenvalue weighted by atomic mass is 9.82. The van der Waals surface area contributed by atoms with Crippen LogP contribution in [-0.2, 0) is 24.3 Å². The molecular formula is C20H28N2O6S. The Morgan fingerprint density at radius 3 is 2.21 bits per heavy atom. The molecule has 1 saturated heterocycles. The predicted molar refractivity (Wildman–Crippen MR) is 107 cm³/mol. The second-order valence-corrected chi connectivity index (χ2v) is 10.1. The van der Waals surface area contributed by atoms with Gasteiger partial charge in [0.25, 0.3) is 0 Å². The SMILES string of the molecule is C[C@H]1CN(S(=O)(=O)c2ccc(NC(=O)CC3(C(=O)O)CCCC3)cc2)C[C@H](C)O1. The lowest BCUT2D eigenvalue weighted by Crippen LogP contribution is -2.48. The maximum Gasteiger partial charge on any atom is 0.310 e. The number of morpholine rings is 1. The first-order valence-corrected chi connectivity index (χ1v) is 11.4. The lowest BCUT2D eigenvalue weighted by molar-refractivity contribution is -0.150. The first kappa shape index (κ1) is 21.7. The number of hydrogen-bond donors (Lipinski definition) is 2. The third-order valence-electron chi connectivity index (χ3n) is 5.68. The van der Waals surface area contributed by atoms with E-state index in [-0.39, 0.29) is 29.4 Å². The number of carboxylic acids is 1. The fraction of sp³-hybridized carbons (Fsp3) is 0.600. The first-order chi connectivity index (χ1) is 13.6. The van der Waals surface area contributed by atoms with Crippen LogP contribution in [0.25, 0.3) is 0 Å². The summed E-state index contributed by atoms with van der Waals surface area (Å²) in [6, 6.07) is 5.97. The van der Waals surface area contributed by atoms with Crippen molar-refractivity contribution in [2.45, 2.75) is 63.1 Å². The second kappa shape index (κ2) is 8.41. The zero-order chi connectivity index (χ0) is 21.2. The van der Waals surface area contributed by atoms with Crippen LogP contribution in [0, 0.1) is 5.41 Å². The molecule has 1 aromatic carbocycles. The number of ether oxygens (including phenoxy) is 1. The molecule has 1 heterocycles. The normalized spacial score (nSPS) is 24.9. The van der Waals surface area contributed by atoms with E-state index in [0.29, 0.717) is 31.6 Å². The third-order valence-corrected chi connectivity index (χ3v) is 7.52. The standard InChI is InChI=1S/C20H28N2O6S/c1-14-12-22(13-15(2)28-14)29(26,27)17-7-5-16(6-8-17)21-18(23)11-20(19(24)25)9-3-4-10-20/h5-8,14-15H,3-4,9-13H2,1-2H3,(H,21,23)(H,24,25)/t14-,15-/m0/s1. The Bertz CT molecular complexity index is 851. The van der Waals surface area contributed by atoms with Crippen molar-refractivity contribution in [2.24, 2.45) is 5.41 Å². The number of anilines is 1. The Morgan fingerprint density at radius 1 is 1.14 bits per heavy atom. The summed E-state index contributed by atoms with van der Waals surface area (Å²) in [5.74, 6) is -1.30. The minimum Gasteiger partial charge on any atom is -0.481 e. The molecule has 1 aliphatic heterocycles. The summed E-state index contributed by atoms with van der Waals surface area (Å²) < 4.78 is 32.8. The zero-order valence-electron chi connectivity index (χ0n) is 16.8. The van der Waals surface area contributed by atoms with Crippen LogP contribution in [0.1, 0.15) is 46.0 Å². The monoisotopic (exact) mass is 424 g/mol. The molecule has 0 unspecified atom stereocenters. The van der Waals surface area contributed by atoms with E-state index in [1.807, 2.05) is 13.8 Å². The number of benzene rings is 1. The van der Waals surface area contributed by atoms with Crippen LogP contribution in [0.15, 0.2) is 29.2 Å². The van der Waals surface area contributed by atoms with E-state index in [9.17, 15) is 23.1 Å². The van der Waals surface area contributed by atoms with Crippen molar-refractivity contribution in [3.63, 3.8) is 0 Å². The van der Waals surface area contributed by atoms with Crippen molar-refractivity contribution in [2.75, 3.05) is 18.4 Å². The number of nitrogens with zero attached hydrogens (tertiary/aromatic N) is 1. The maximum absolute atomic E-state index is 12.9. The number of nitrogens with one attached hydrogen (secondary N) is 1. The number of hydrogen-bond acceptors (Lipinski definition) is 5. The van der Waals surface area contributed by atoms with Crippen molar-refractivity contribution in [1.82, 2.24) is 4.31 Å². The molecule has 1 saturated carbocycles. The molecule has 2 fully saturated rings. The van der Waals surface area contributed by atoms with Gasteiger partial charge in [0, 0.05) is 25.2 Å². The number of carbonyl (C=O) groups excluding carboxylic acids is 1. The van der Waals surface area contributed by atoms with Gasteiger partial charge in [0.15, 0.2) is 0 Å². The number of carbonyl (C=O) groups is 2. The van der Waals surface area contributed by atoms with E-state index in [4.69, 9.17) is 4.74 Å². The molecule has 1 aliphatic carbocycles. The van der Waals surface area contributed by atoms with Crippen LogP contribution < -0.4 is 5.32 Å². The van der Waals surface area contributed by atoms with Crippen LogP contribution in [0.3, 0.4) is 0 Å². The van der Waals surface area contributed by atoms with Crippen molar-refractivity contribution < 1.29 is 27.9 Å². The van der Waals surface area contributed by atoms with Crippen LogP contribution in [0.5, 0.6) is 0 Å². The largest absolute Gasteiger partial charge is 0.481 e. The van der Waals surface area contributed by atoms with Gasteiger partial charge in [0.05, 0.1) is 22.5 Å². The van der Waals surface area contributed by atoms with E-state index in [1.165, 1.54) is 28.6 Å². The van der Waals surface area contributed by atoms with Gasteiger partial charge in [-0.25, -0.2) is 8.42 Å². The molecule has 1 amide bonds. The van der Waals surface area contributed by atoms with E-state index in [1.54, 1.807) is 0 Å². The highest BCUT2D eigenvalue weighted by Gasteiger charge is 2.43. The molecular weight excluding hydrogens is 396 g/mol. The highest BCUT2D eigenvalue weighted by atomic mass is 32.2. The number of aliphatic carboxylic acids is 1. The summed E-state index contributed by atoms with van der Waals surface area (Å²) >= 11 is 0. The van der Waals surface area contributed by atoms with Crippen molar-refractivity contribution in [1.29, 1.82) is 0 Å². The number of amides is 1. The quantitative estimate of drug-likeness (QED) is 0.725. The van der Waals surface area contributed by atoms with Gasteiger partial charge in [-0.05, 0) is 51.0 Å². The van der Waals surface area contributed by atoms with Gasteiger partial charge < -0.3 is 15.2 Å². The summed E-state index contributed by atoms with van der Waals surface area (Å²) in [7, 11) is -3.65. The Hall–Kier alpha value is -1.97. The number of sulfonamides is 1. The molecule has 1 aromatic rings. The molecule has 8 nitrogen and oxygen atoms in total. The fourth-order valence-corrected chi connectivity index (χ4v) is 5.81. The average molecular weight is 425 g/mol.